The number of aromatic nitrogens is 2. The van der Waals surface area contributed by atoms with Gasteiger partial charge < -0.3 is 16.0 Å². The Labute approximate surface area is 240 Å². The predicted octanol–water partition coefficient (Wildman–Crippen LogP) is 1.71. The van der Waals surface area contributed by atoms with E-state index in [1.165, 1.54) is 12.1 Å². The molecule has 1 unspecified atom stereocenters. The van der Waals surface area contributed by atoms with Crippen molar-refractivity contribution in [2.45, 2.75) is 38.3 Å². The number of amides is 5. The summed E-state index contributed by atoms with van der Waals surface area (Å²) in [7, 11) is 0. The highest BCUT2D eigenvalue weighted by Gasteiger charge is 2.44. The maximum absolute atomic E-state index is 13.0. The quantitative estimate of drug-likeness (QED) is 0.224. The van der Waals surface area contributed by atoms with Gasteiger partial charge in [-0.3, -0.25) is 39.2 Å². The molecule has 212 valence electrons. The predicted molar refractivity (Wildman–Crippen MR) is 151 cm³/mol. The van der Waals surface area contributed by atoms with Gasteiger partial charge in [-0.25, -0.2) is 4.98 Å². The highest BCUT2D eigenvalue weighted by Crippen LogP contribution is 2.35. The normalized spacial score (nSPS) is 18.6. The van der Waals surface area contributed by atoms with Crippen molar-refractivity contribution in [1.82, 2.24) is 30.8 Å². The first kappa shape index (κ1) is 26.9. The van der Waals surface area contributed by atoms with Crippen molar-refractivity contribution in [3.8, 4) is 0 Å². The number of imide groups is 2. The standard InChI is InChI=1S/C30H27N7O5/c31-27(17-6-7-17)20(23-14-33-21-3-1-2-4-22(21)35-23)13-32-15-26(39)34-12-16-5-8-18-19(11-16)30(42)37(29(18)41)24-9-10-25(38)36-28(24)40/h1-5,8,11,13-14,17,24,31-32H,6-7,9-10,12,15H2,(H,34,39)(H,36,38,40)/b20-13-,31-27?. The van der Waals surface area contributed by atoms with Gasteiger partial charge in [-0.15, -0.1) is 0 Å². The van der Waals surface area contributed by atoms with Crippen LogP contribution in [0.3, 0.4) is 0 Å². The van der Waals surface area contributed by atoms with Gasteiger partial charge in [-0.05, 0) is 49.1 Å². The van der Waals surface area contributed by atoms with Crippen LogP contribution in [0.5, 0.6) is 0 Å². The maximum Gasteiger partial charge on any atom is 0.262 e. The number of nitrogens with one attached hydrogen (secondary N) is 4. The van der Waals surface area contributed by atoms with E-state index in [1.807, 2.05) is 24.3 Å². The van der Waals surface area contributed by atoms with Crippen LogP contribution >= 0.6 is 0 Å². The van der Waals surface area contributed by atoms with Gasteiger partial charge in [0, 0.05) is 36.4 Å². The minimum absolute atomic E-state index is 0.0448. The third-order valence-corrected chi connectivity index (χ3v) is 7.50. The SMILES string of the molecule is N=C(/C(=C\NCC(=O)NCc1ccc2c(c1)C(=O)N(C1CCC(=O)NC1=O)C2=O)c1cnc2ccccc2n1)C1CC1. The van der Waals surface area contributed by atoms with Crippen molar-refractivity contribution in [2.75, 3.05) is 6.54 Å². The number of hydrogen-bond acceptors (Lipinski definition) is 9. The van der Waals surface area contributed by atoms with E-state index in [1.54, 1.807) is 18.5 Å². The fraction of sp³-hybridized carbons (Fsp3) is 0.267. The summed E-state index contributed by atoms with van der Waals surface area (Å²) in [4.78, 5) is 72.3. The lowest BCUT2D eigenvalue weighted by atomic mass is 10.0. The van der Waals surface area contributed by atoms with E-state index in [-0.39, 0.29) is 48.9 Å². The van der Waals surface area contributed by atoms with E-state index in [0.29, 0.717) is 22.5 Å². The number of rotatable bonds is 9. The van der Waals surface area contributed by atoms with Crippen LogP contribution in [0.1, 0.15) is 57.7 Å². The summed E-state index contributed by atoms with van der Waals surface area (Å²) >= 11 is 0. The summed E-state index contributed by atoms with van der Waals surface area (Å²) in [5.74, 6) is -2.44. The summed E-state index contributed by atoms with van der Waals surface area (Å²) in [6, 6.07) is 11.1. The number of allylic oxidation sites excluding steroid dienone is 1. The molecular weight excluding hydrogens is 538 g/mol. The van der Waals surface area contributed by atoms with Crippen molar-refractivity contribution in [3.63, 3.8) is 0 Å². The Kier molecular flexibility index (Phi) is 7.03. The minimum atomic E-state index is -1.04. The summed E-state index contributed by atoms with van der Waals surface area (Å²) in [6.45, 7) is 0.0480. The number of fused-ring (bicyclic) bond motifs is 2. The van der Waals surface area contributed by atoms with Crippen LogP contribution in [0.2, 0.25) is 0 Å². The third kappa shape index (κ3) is 5.26. The molecule has 5 amide bonds. The van der Waals surface area contributed by atoms with E-state index < -0.39 is 29.7 Å². The summed E-state index contributed by atoms with van der Waals surface area (Å²) < 4.78 is 0. The number of nitrogens with zero attached hydrogens (tertiary/aromatic N) is 3. The average molecular weight is 566 g/mol. The molecule has 12 heteroatoms. The van der Waals surface area contributed by atoms with Gasteiger partial charge in [0.25, 0.3) is 11.8 Å². The van der Waals surface area contributed by atoms with Crippen molar-refractivity contribution < 1.29 is 24.0 Å². The number of para-hydroxylation sites is 2. The first-order chi connectivity index (χ1) is 20.3. The van der Waals surface area contributed by atoms with Gasteiger partial charge in [0.15, 0.2) is 0 Å². The molecule has 1 saturated heterocycles. The Bertz CT molecular complexity index is 1710. The average Bonchev–Trinajstić information content (AvgIpc) is 3.81. The van der Waals surface area contributed by atoms with Gasteiger partial charge in [-0.2, -0.15) is 0 Å². The summed E-state index contributed by atoms with van der Waals surface area (Å²) in [5.41, 5.74) is 4.01. The molecule has 0 bridgehead atoms. The zero-order valence-electron chi connectivity index (χ0n) is 22.5. The fourth-order valence-corrected chi connectivity index (χ4v) is 5.11. The second-order valence-electron chi connectivity index (χ2n) is 10.5. The second-order valence-corrected chi connectivity index (χ2v) is 10.5. The molecule has 2 aromatic carbocycles. The van der Waals surface area contributed by atoms with Crippen LogP contribution in [0, 0.1) is 11.3 Å². The molecule has 4 N–H and O–H groups in total. The van der Waals surface area contributed by atoms with Crippen LogP contribution in [0.4, 0.5) is 0 Å². The maximum atomic E-state index is 13.0. The lowest BCUT2D eigenvalue weighted by Gasteiger charge is -2.27. The van der Waals surface area contributed by atoms with E-state index >= 15 is 0 Å². The number of piperidine rings is 1. The molecule has 6 rings (SSSR count). The van der Waals surface area contributed by atoms with Crippen molar-refractivity contribution in [3.05, 3.63) is 77.2 Å². The van der Waals surface area contributed by atoms with Gasteiger partial charge in [0.2, 0.25) is 17.7 Å². The first-order valence-corrected chi connectivity index (χ1v) is 13.7. The molecule has 3 heterocycles. The summed E-state index contributed by atoms with van der Waals surface area (Å²) in [5, 5.41) is 16.5. The van der Waals surface area contributed by atoms with Crippen LogP contribution < -0.4 is 16.0 Å². The van der Waals surface area contributed by atoms with Crippen molar-refractivity contribution in [2.24, 2.45) is 5.92 Å². The first-order valence-electron chi connectivity index (χ1n) is 13.7. The largest absolute Gasteiger partial charge is 0.382 e. The molecule has 3 aromatic rings. The van der Waals surface area contributed by atoms with E-state index in [0.717, 1.165) is 28.8 Å². The molecule has 1 aromatic heterocycles. The highest BCUT2D eigenvalue weighted by atomic mass is 16.2. The Morgan fingerprint density at radius 1 is 1.02 bits per heavy atom. The molecule has 1 aliphatic carbocycles. The molecule has 0 radical (unpaired) electrons. The zero-order chi connectivity index (χ0) is 29.4. The van der Waals surface area contributed by atoms with Crippen LogP contribution in [-0.2, 0) is 20.9 Å². The molecule has 1 saturated carbocycles. The van der Waals surface area contributed by atoms with E-state index in [9.17, 15) is 24.0 Å². The second kappa shape index (κ2) is 11.0. The van der Waals surface area contributed by atoms with E-state index in [4.69, 9.17) is 5.41 Å². The van der Waals surface area contributed by atoms with Crippen molar-refractivity contribution >= 4 is 51.9 Å². The van der Waals surface area contributed by atoms with Gasteiger partial charge in [-0.1, -0.05) is 18.2 Å². The molecule has 3 aliphatic rings. The van der Waals surface area contributed by atoms with Gasteiger partial charge >= 0.3 is 0 Å². The molecule has 2 fully saturated rings. The van der Waals surface area contributed by atoms with Crippen LogP contribution in [0.15, 0.2) is 54.9 Å². The van der Waals surface area contributed by atoms with Crippen LogP contribution in [-0.4, -0.2) is 62.7 Å². The molecule has 0 spiro atoms. The lowest BCUT2D eigenvalue weighted by Crippen LogP contribution is -2.54. The Morgan fingerprint density at radius 2 is 1.79 bits per heavy atom. The number of carbonyl (C=O) groups excluding carboxylic acids is 5. The zero-order valence-corrected chi connectivity index (χ0v) is 22.5. The Balaban J connectivity index is 1.09. The minimum Gasteiger partial charge on any atom is -0.382 e. The topological polar surface area (TPSA) is 174 Å². The summed E-state index contributed by atoms with van der Waals surface area (Å²) in [6.07, 6.45) is 5.27. The fourth-order valence-electron chi connectivity index (χ4n) is 5.11. The molecule has 42 heavy (non-hydrogen) atoms. The number of carbonyl (C=O) groups is 5. The highest BCUT2D eigenvalue weighted by molar-refractivity contribution is 6.24. The molecule has 1 atom stereocenters. The third-order valence-electron chi connectivity index (χ3n) is 7.50. The Hall–Kier alpha value is -5.26. The van der Waals surface area contributed by atoms with Gasteiger partial charge in [0.05, 0.1) is 40.6 Å². The van der Waals surface area contributed by atoms with Crippen molar-refractivity contribution in [1.29, 1.82) is 5.41 Å². The van der Waals surface area contributed by atoms with Gasteiger partial charge in [0.1, 0.15) is 6.04 Å². The molecule has 12 nitrogen and oxygen atoms in total. The monoisotopic (exact) mass is 565 g/mol. The lowest BCUT2D eigenvalue weighted by molar-refractivity contribution is -0.136. The van der Waals surface area contributed by atoms with E-state index in [2.05, 4.69) is 25.9 Å². The molecular formula is C30H27N7O5. The number of benzene rings is 2. The smallest absolute Gasteiger partial charge is 0.262 e. The number of hydrogen-bond donors (Lipinski definition) is 4. The van der Waals surface area contributed by atoms with Crippen LogP contribution in [0.25, 0.3) is 16.6 Å². The Morgan fingerprint density at radius 3 is 2.55 bits per heavy atom. The molecule has 2 aliphatic heterocycles.